The van der Waals surface area contributed by atoms with Gasteiger partial charge in [-0.2, -0.15) is 0 Å². The molecule has 3 aromatic rings. The second-order valence-corrected chi connectivity index (χ2v) is 10.9. The Balaban J connectivity index is 1.65. The van der Waals surface area contributed by atoms with E-state index in [2.05, 4.69) is 9.71 Å². The number of nitrogens with one attached hydrogen (secondary N) is 2. The number of H-pyrrole nitrogens is 1. The molecule has 7 nitrogen and oxygen atoms in total. The number of alkyl halides is 1. The lowest BCUT2D eigenvalue weighted by molar-refractivity contribution is -0.133. The van der Waals surface area contributed by atoms with Gasteiger partial charge in [-0.05, 0) is 62.1 Å². The van der Waals surface area contributed by atoms with Crippen LogP contribution in [0.3, 0.4) is 0 Å². The highest BCUT2D eigenvalue weighted by Gasteiger charge is 2.40. The molecule has 2 aliphatic rings. The van der Waals surface area contributed by atoms with Crippen LogP contribution in [0.4, 0.5) is 4.39 Å². The fourth-order valence-corrected chi connectivity index (χ4v) is 6.22. The number of hydrogen-bond acceptors (Lipinski definition) is 4. The molecule has 0 bridgehead atoms. The summed E-state index contributed by atoms with van der Waals surface area (Å²) in [6.45, 7) is 1.90. The Bertz CT molecular complexity index is 1390. The van der Waals surface area contributed by atoms with Crippen molar-refractivity contribution in [2.24, 2.45) is 0 Å². The van der Waals surface area contributed by atoms with E-state index in [1.807, 2.05) is 25.1 Å². The van der Waals surface area contributed by atoms with Crippen LogP contribution in [0.15, 0.2) is 41.3 Å². The van der Waals surface area contributed by atoms with Crippen molar-refractivity contribution in [3.8, 4) is 5.75 Å². The zero-order valence-corrected chi connectivity index (χ0v) is 20.3. The highest BCUT2D eigenvalue weighted by Crippen LogP contribution is 2.42. The first-order valence-electron chi connectivity index (χ1n) is 11.1. The van der Waals surface area contributed by atoms with Crippen molar-refractivity contribution in [2.45, 2.75) is 49.2 Å². The lowest BCUT2D eigenvalue weighted by atomic mass is 9.88. The summed E-state index contributed by atoms with van der Waals surface area (Å²) in [4.78, 5) is 17.7. The molecule has 0 spiro atoms. The summed E-state index contributed by atoms with van der Waals surface area (Å²) >= 11 is 5.93. The summed E-state index contributed by atoms with van der Waals surface area (Å²) in [6, 6.07) is 8.37. The molecule has 1 unspecified atom stereocenters. The number of nitrogens with zero attached hydrogens (tertiary/aromatic N) is 1. The number of carbonyl (C=O) groups excluding carboxylic acids is 1. The van der Waals surface area contributed by atoms with Gasteiger partial charge in [-0.1, -0.05) is 6.07 Å². The topological polar surface area (TPSA) is 91.5 Å². The van der Waals surface area contributed by atoms with Gasteiger partial charge in [-0.15, -0.1) is 11.6 Å². The largest absolute Gasteiger partial charge is 0.497 e. The minimum absolute atomic E-state index is 0.0883. The summed E-state index contributed by atoms with van der Waals surface area (Å²) < 4.78 is 48.7. The molecule has 2 aromatic carbocycles. The third-order valence-corrected chi connectivity index (χ3v) is 8.30. The number of methoxy groups -OCH3 is 1. The molecule has 1 fully saturated rings. The van der Waals surface area contributed by atoms with E-state index in [-0.39, 0.29) is 34.3 Å². The van der Waals surface area contributed by atoms with Gasteiger partial charge in [0.1, 0.15) is 23.5 Å². The fraction of sp³-hybridized carbons (Fsp3) is 0.375. The molecule has 2 atom stereocenters. The van der Waals surface area contributed by atoms with Crippen LogP contribution in [-0.2, 0) is 21.2 Å². The average Bonchev–Trinajstić information content (AvgIpc) is 3.55. The molecule has 1 saturated carbocycles. The molecule has 1 amide bonds. The van der Waals surface area contributed by atoms with Crippen molar-refractivity contribution >= 4 is 38.4 Å². The second-order valence-electron chi connectivity index (χ2n) is 8.90. The SMILES string of the molecule is COc1ccc2[nH]c3c(c2c1)C[C@H](C)N(C(=O)CCl)C3c1ccc(S(=O)(=O)NC2CC2)cc1F. The quantitative estimate of drug-likeness (QED) is 0.498. The molecule has 0 saturated heterocycles. The maximum absolute atomic E-state index is 15.6. The van der Waals surface area contributed by atoms with Crippen molar-refractivity contribution in [2.75, 3.05) is 13.0 Å². The number of benzene rings is 2. The first-order valence-corrected chi connectivity index (χ1v) is 13.1. The van der Waals surface area contributed by atoms with E-state index >= 15 is 4.39 Å². The Kier molecular flexibility index (Phi) is 5.82. The van der Waals surface area contributed by atoms with E-state index in [0.29, 0.717) is 17.9 Å². The van der Waals surface area contributed by atoms with E-state index in [4.69, 9.17) is 16.3 Å². The van der Waals surface area contributed by atoms with Gasteiger partial charge in [-0.25, -0.2) is 17.5 Å². The van der Waals surface area contributed by atoms with Crippen molar-refractivity contribution in [1.82, 2.24) is 14.6 Å². The Hall–Kier alpha value is -2.62. The number of aromatic nitrogens is 1. The minimum atomic E-state index is -3.81. The van der Waals surface area contributed by atoms with Crippen molar-refractivity contribution < 1.29 is 22.3 Å². The number of aromatic amines is 1. The van der Waals surface area contributed by atoms with E-state index in [1.54, 1.807) is 12.0 Å². The zero-order valence-electron chi connectivity index (χ0n) is 18.8. The fourth-order valence-electron chi connectivity index (χ4n) is 4.76. The maximum Gasteiger partial charge on any atom is 0.240 e. The second kappa shape index (κ2) is 8.55. The van der Waals surface area contributed by atoms with Crippen molar-refractivity contribution in [1.29, 1.82) is 0 Å². The number of hydrogen-bond donors (Lipinski definition) is 2. The number of rotatable bonds is 6. The number of fused-ring (bicyclic) bond motifs is 3. The van der Waals surface area contributed by atoms with Crippen LogP contribution in [-0.4, -0.2) is 49.3 Å². The van der Waals surface area contributed by atoms with Gasteiger partial charge < -0.3 is 14.6 Å². The monoisotopic (exact) mass is 505 g/mol. The minimum Gasteiger partial charge on any atom is -0.497 e. The van der Waals surface area contributed by atoms with Gasteiger partial charge >= 0.3 is 0 Å². The number of amides is 1. The van der Waals surface area contributed by atoms with Crippen LogP contribution in [0.25, 0.3) is 10.9 Å². The van der Waals surface area contributed by atoms with E-state index < -0.39 is 21.9 Å². The molecule has 1 aliphatic carbocycles. The third-order valence-electron chi connectivity index (χ3n) is 6.55. The van der Waals surface area contributed by atoms with Crippen LogP contribution >= 0.6 is 11.6 Å². The molecular weight excluding hydrogens is 481 g/mol. The third kappa shape index (κ3) is 3.95. The summed E-state index contributed by atoms with van der Waals surface area (Å²) in [5, 5.41) is 0.942. The van der Waals surface area contributed by atoms with Gasteiger partial charge in [-0.3, -0.25) is 4.79 Å². The van der Waals surface area contributed by atoms with Crippen LogP contribution in [0.5, 0.6) is 5.75 Å². The maximum atomic E-state index is 15.6. The molecule has 1 aliphatic heterocycles. The number of ether oxygens (including phenoxy) is 1. The normalized spacial score (nSPS) is 20.4. The summed E-state index contributed by atoms with van der Waals surface area (Å²) in [5.74, 6) is -0.578. The number of sulfonamides is 1. The molecule has 180 valence electrons. The summed E-state index contributed by atoms with van der Waals surface area (Å²) in [7, 11) is -2.22. The Morgan fingerprint density at radius 1 is 1.26 bits per heavy atom. The standard InChI is InChI=1S/C24H25ClFN3O4S/c1-13-9-19-18-10-15(33-2)5-8-21(18)27-23(19)24(29(13)22(30)12-25)17-7-6-16(11-20(17)26)34(31,32)28-14-3-4-14/h5-8,10-11,13-14,24,27-28H,3-4,9,12H2,1-2H3/t13-,24?/m0/s1. The van der Waals surface area contributed by atoms with Crippen molar-refractivity contribution in [3.63, 3.8) is 0 Å². The Labute approximate surface area is 202 Å². The molecule has 0 radical (unpaired) electrons. The van der Waals surface area contributed by atoms with Crippen LogP contribution in [0, 0.1) is 5.82 Å². The smallest absolute Gasteiger partial charge is 0.240 e. The zero-order chi connectivity index (χ0) is 24.2. The Morgan fingerprint density at radius 2 is 2.03 bits per heavy atom. The molecule has 2 heterocycles. The first-order chi connectivity index (χ1) is 16.2. The molecule has 1 aromatic heterocycles. The molecule has 2 N–H and O–H groups in total. The van der Waals surface area contributed by atoms with E-state index in [0.717, 1.165) is 35.4 Å². The first kappa shape index (κ1) is 23.1. The van der Waals surface area contributed by atoms with Gasteiger partial charge in [0, 0.05) is 34.2 Å². The highest BCUT2D eigenvalue weighted by atomic mass is 35.5. The van der Waals surface area contributed by atoms with Crippen molar-refractivity contribution in [3.05, 3.63) is 59.0 Å². The van der Waals surface area contributed by atoms with E-state index in [1.165, 1.54) is 12.1 Å². The predicted molar refractivity (Wildman–Crippen MR) is 127 cm³/mol. The summed E-state index contributed by atoms with van der Waals surface area (Å²) in [5.41, 5.74) is 2.70. The molecule has 10 heteroatoms. The highest BCUT2D eigenvalue weighted by molar-refractivity contribution is 7.89. The van der Waals surface area contributed by atoms with Crippen LogP contribution < -0.4 is 9.46 Å². The molecular formula is C24H25ClFN3O4S. The van der Waals surface area contributed by atoms with Gasteiger partial charge in [0.2, 0.25) is 15.9 Å². The molecule has 5 rings (SSSR count). The number of halogens is 2. The molecule has 34 heavy (non-hydrogen) atoms. The van der Waals surface area contributed by atoms with Gasteiger partial charge in [0.25, 0.3) is 0 Å². The van der Waals surface area contributed by atoms with E-state index in [9.17, 15) is 13.2 Å². The predicted octanol–water partition coefficient (Wildman–Crippen LogP) is 3.86. The average molecular weight is 506 g/mol. The Morgan fingerprint density at radius 3 is 2.68 bits per heavy atom. The lowest BCUT2D eigenvalue weighted by Crippen LogP contribution is -2.47. The van der Waals surface area contributed by atoms with Gasteiger partial charge in [0.15, 0.2) is 0 Å². The van der Waals surface area contributed by atoms with Gasteiger partial charge in [0.05, 0.1) is 12.0 Å². The van der Waals surface area contributed by atoms with Crippen LogP contribution in [0.2, 0.25) is 0 Å². The number of carbonyl (C=O) groups is 1. The van der Waals surface area contributed by atoms with Crippen LogP contribution in [0.1, 0.15) is 42.6 Å². The lowest BCUT2D eigenvalue weighted by Gasteiger charge is -2.41. The summed E-state index contributed by atoms with van der Waals surface area (Å²) in [6.07, 6.45) is 2.12.